The molecule has 0 aliphatic heterocycles. The molecule has 0 unspecified atom stereocenters. The Morgan fingerprint density at radius 1 is 1.33 bits per heavy atom. The quantitative estimate of drug-likeness (QED) is 0.757. The maximum absolute atomic E-state index is 12.5. The van der Waals surface area contributed by atoms with Crippen LogP contribution in [0.25, 0.3) is 4.96 Å². The molecule has 3 rings (SSSR count). The molecule has 0 aromatic carbocycles. The average Bonchev–Trinajstić information content (AvgIpc) is 3.02. The molecule has 7 nitrogen and oxygen atoms in total. The Balaban J connectivity index is 2.00. The number of nitrogen functional groups attached to an aromatic ring is 1. The number of imidazole rings is 1. The molecule has 112 valence electrons. The molecule has 3 N–H and O–H groups in total. The van der Waals surface area contributed by atoms with E-state index in [0.717, 1.165) is 5.69 Å². The molecule has 0 amide bonds. The van der Waals surface area contributed by atoms with Crippen LogP contribution in [-0.2, 0) is 10.0 Å². The van der Waals surface area contributed by atoms with Crippen molar-refractivity contribution in [2.45, 2.75) is 24.8 Å². The lowest BCUT2D eigenvalue weighted by atomic mass is 10.2. The summed E-state index contributed by atoms with van der Waals surface area (Å²) in [6.45, 7) is 3.99. The van der Waals surface area contributed by atoms with Gasteiger partial charge in [-0.1, -0.05) is 13.8 Å². The number of nitrogens with zero attached hydrogens (tertiary/aromatic N) is 3. The molecule has 3 aromatic heterocycles. The number of fused-ring (bicyclic) bond motifs is 1. The van der Waals surface area contributed by atoms with Gasteiger partial charge in [-0.3, -0.25) is 9.12 Å². The number of hydrogen-bond acceptors (Lipinski definition) is 7. The summed E-state index contributed by atoms with van der Waals surface area (Å²) in [7, 11) is -3.83. The topological polar surface area (TPSA) is 102 Å². The fourth-order valence-electron chi connectivity index (χ4n) is 1.81. The summed E-state index contributed by atoms with van der Waals surface area (Å²) < 4.78 is 28.9. The largest absolute Gasteiger partial charge is 0.381 e. The van der Waals surface area contributed by atoms with Gasteiger partial charge in [0.15, 0.2) is 15.9 Å². The van der Waals surface area contributed by atoms with Crippen molar-refractivity contribution in [2.24, 2.45) is 0 Å². The first kappa shape index (κ1) is 14.3. The van der Waals surface area contributed by atoms with Gasteiger partial charge in [0.1, 0.15) is 0 Å². The smallest absolute Gasteiger partial charge is 0.283 e. The standard InChI is InChI=1S/C11H13N5O2S3/c1-6(2)7-5-20-10(13-7)15-21(17,18)9-8(12)14-11-16(9)3-4-19-11/h3-6H,12H2,1-2H3,(H,13,15). The van der Waals surface area contributed by atoms with Crippen molar-refractivity contribution in [3.8, 4) is 0 Å². The van der Waals surface area contributed by atoms with Gasteiger partial charge in [0.2, 0.25) is 5.03 Å². The highest BCUT2D eigenvalue weighted by Gasteiger charge is 2.25. The zero-order valence-electron chi connectivity index (χ0n) is 11.3. The van der Waals surface area contributed by atoms with Crippen molar-refractivity contribution < 1.29 is 8.42 Å². The first-order valence-corrected chi connectivity index (χ1v) is 9.32. The molecular formula is C11H13N5O2S3. The summed E-state index contributed by atoms with van der Waals surface area (Å²) in [5.41, 5.74) is 6.58. The number of nitrogens with one attached hydrogen (secondary N) is 1. The second kappa shape index (κ2) is 4.97. The van der Waals surface area contributed by atoms with Crippen LogP contribution in [0.3, 0.4) is 0 Å². The number of nitrogens with two attached hydrogens (primary N) is 1. The van der Waals surface area contributed by atoms with E-state index < -0.39 is 10.0 Å². The molecule has 3 aromatic rings. The molecule has 0 bridgehead atoms. The monoisotopic (exact) mass is 343 g/mol. The molecule has 0 aliphatic rings. The van der Waals surface area contributed by atoms with Crippen LogP contribution in [0.2, 0.25) is 0 Å². The maximum Gasteiger partial charge on any atom is 0.283 e. The molecule has 10 heteroatoms. The highest BCUT2D eigenvalue weighted by atomic mass is 32.2. The number of sulfonamides is 1. The normalized spacial score (nSPS) is 12.3. The Morgan fingerprint density at radius 2 is 2.10 bits per heavy atom. The minimum Gasteiger partial charge on any atom is -0.381 e. The molecule has 0 radical (unpaired) electrons. The van der Waals surface area contributed by atoms with Gasteiger partial charge in [0.25, 0.3) is 10.0 Å². The van der Waals surface area contributed by atoms with Crippen LogP contribution in [-0.4, -0.2) is 22.8 Å². The lowest BCUT2D eigenvalue weighted by Gasteiger charge is -2.04. The van der Waals surface area contributed by atoms with E-state index >= 15 is 0 Å². The Bertz CT molecular complexity index is 890. The van der Waals surface area contributed by atoms with E-state index in [1.54, 1.807) is 11.6 Å². The lowest BCUT2D eigenvalue weighted by Crippen LogP contribution is -2.16. The molecule has 0 atom stereocenters. The van der Waals surface area contributed by atoms with Gasteiger partial charge in [-0.2, -0.15) is 8.42 Å². The van der Waals surface area contributed by atoms with Gasteiger partial charge in [-0.05, 0) is 5.92 Å². The van der Waals surface area contributed by atoms with Gasteiger partial charge in [-0.25, -0.2) is 9.97 Å². The molecular weight excluding hydrogens is 330 g/mol. The molecule has 0 fully saturated rings. The average molecular weight is 343 g/mol. The number of anilines is 2. The predicted molar refractivity (Wildman–Crippen MR) is 84.5 cm³/mol. The Labute approximate surface area is 129 Å². The molecule has 0 saturated carbocycles. The molecule has 3 heterocycles. The summed E-state index contributed by atoms with van der Waals surface area (Å²) in [4.78, 5) is 8.84. The van der Waals surface area contributed by atoms with Crippen molar-refractivity contribution in [3.63, 3.8) is 0 Å². The minimum atomic E-state index is -3.83. The summed E-state index contributed by atoms with van der Waals surface area (Å²) in [5, 5.41) is 3.85. The number of aromatic nitrogens is 3. The zero-order valence-corrected chi connectivity index (χ0v) is 13.7. The van der Waals surface area contributed by atoms with Crippen molar-refractivity contribution in [1.29, 1.82) is 0 Å². The highest BCUT2D eigenvalue weighted by Crippen LogP contribution is 2.27. The van der Waals surface area contributed by atoms with E-state index in [4.69, 9.17) is 5.73 Å². The molecule has 0 spiro atoms. The van der Waals surface area contributed by atoms with Gasteiger partial charge in [0, 0.05) is 17.0 Å². The molecule has 21 heavy (non-hydrogen) atoms. The van der Waals surface area contributed by atoms with Crippen LogP contribution in [0.5, 0.6) is 0 Å². The summed E-state index contributed by atoms with van der Waals surface area (Å²) in [6.07, 6.45) is 1.62. The fourth-order valence-corrected chi connectivity index (χ4v) is 4.93. The number of thiazole rings is 2. The van der Waals surface area contributed by atoms with Crippen LogP contribution in [0.4, 0.5) is 10.9 Å². The predicted octanol–water partition coefficient (Wildman–Crippen LogP) is 2.36. The van der Waals surface area contributed by atoms with Gasteiger partial charge >= 0.3 is 0 Å². The second-order valence-electron chi connectivity index (χ2n) is 4.70. The summed E-state index contributed by atoms with van der Waals surface area (Å²) >= 11 is 2.57. The van der Waals surface area contributed by atoms with Crippen molar-refractivity contribution in [3.05, 3.63) is 22.7 Å². The van der Waals surface area contributed by atoms with Gasteiger partial charge < -0.3 is 5.73 Å². The lowest BCUT2D eigenvalue weighted by molar-refractivity contribution is 0.597. The molecule has 0 saturated heterocycles. The van der Waals surface area contributed by atoms with E-state index in [9.17, 15) is 8.42 Å². The highest BCUT2D eigenvalue weighted by molar-refractivity contribution is 7.93. The summed E-state index contributed by atoms with van der Waals surface area (Å²) in [5.74, 6) is 0.220. The van der Waals surface area contributed by atoms with Crippen molar-refractivity contribution >= 4 is 48.6 Å². The van der Waals surface area contributed by atoms with Gasteiger partial charge in [-0.15, -0.1) is 22.7 Å². The Hall–Kier alpha value is -1.65. The third-order valence-electron chi connectivity index (χ3n) is 2.83. The zero-order chi connectivity index (χ0) is 15.2. The fraction of sp³-hybridized carbons (Fsp3) is 0.273. The Morgan fingerprint density at radius 3 is 2.76 bits per heavy atom. The van der Waals surface area contributed by atoms with Crippen molar-refractivity contribution in [2.75, 3.05) is 10.5 Å². The van der Waals surface area contributed by atoms with Crippen LogP contribution in [0.1, 0.15) is 25.5 Å². The van der Waals surface area contributed by atoms with E-state index in [0.29, 0.717) is 10.1 Å². The van der Waals surface area contributed by atoms with Gasteiger partial charge in [0.05, 0.1) is 5.69 Å². The van der Waals surface area contributed by atoms with E-state index in [-0.39, 0.29) is 16.8 Å². The summed E-state index contributed by atoms with van der Waals surface area (Å²) in [6, 6.07) is 0. The van der Waals surface area contributed by atoms with E-state index in [2.05, 4.69) is 14.7 Å². The van der Waals surface area contributed by atoms with Crippen LogP contribution in [0, 0.1) is 0 Å². The third-order valence-corrected chi connectivity index (χ3v) is 5.87. The van der Waals surface area contributed by atoms with Crippen LogP contribution < -0.4 is 10.5 Å². The van der Waals surface area contributed by atoms with E-state index in [1.807, 2.05) is 19.2 Å². The molecule has 0 aliphatic carbocycles. The van der Waals surface area contributed by atoms with E-state index in [1.165, 1.54) is 27.1 Å². The van der Waals surface area contributed by atoms with Crippen LogP contribution >= 0.6 is 22.7 Å². The van der Waals surface area contributed by atoms with Crippen LogP contribution in [0.15, 0.2) is 22.0 Å². The second-order valence-corrected chi connectivity index (χ2v) is 8.02. The number of rotatable bonds is 4. The van der Waals surface area contributed by atoms with Crippen molar-refractivity contribution in [1.82, 2.24) is 14.4 Å². The SMILES string of the molecule is CC(C)c1csc(NS(=O)(=O)c2c(N)nc3sccn23)n1. The first-order valence-electron chi connectivity index (χ1n) is 6.08. The Kier molecular flexibility index (Phi) is 3.38. The third kappa shape index (κ3) is 2.49. The first-order chi connectivity index (χ1) is 9.88. The minimum absolute atomic E-state index is 0.0185. The maximum atomic E-state index is 12.5. The number of hydrogen-bond donors (Lipinski definition) is 2.